The smallest absolute Gasteiger partial charge is 0.451 e. The van der Waals surface area contributed by atoms with Crippen LogP contribution in [0.4, 0.5) is 17.6 Å². The zero-order chi connectivity index (χ0) is 21.9. The predicted octanol–water partition coefficient (Wildman–Crippen LogP) is 0.158. The zero-order valence-corrected chi connectivity index (χ0v) is 15.7. The molecule has 2 saturated carbocycles. The number of esters is 1. The van der Waals surface area contributed by atoms with Crippen LogP contribution in [0.15, 0.2) is 0 Å². The molecule has 14 heteroatoms. The predicted molar refractivity (Wildman–Crippen MR) is 83.4 cm³/mol. The highest BCUT2D eigenvalue weighted by Gasteiger charge is 2.74. The molecule has 1 heterocycles. The van der Waals surface area contributed by atoms with Gasteiger partial charge >= 0.3 is 27.3 Å². The Labute approximate surface area is 162 Å². The lowest BCUT2D eigenvalue weighted by Crippen LogP contribution is -2.63. The average molecular weight is 452 g/mol. The van der Waals surface area contributed by atoms with Crippen LogP contribution in [0.2, 0.25) is 0 Å². The molecule has 1 spiro atoms. The summed E-state index contributed by atoms with van der Waals surface area (Å²) in [6.07, 6.45) is -6.66. The molecule has 2 bridgehead atoms. The van der Waals surface area contributed by atoms with E-state index < -0.39 is 69.6 Å². The van der Waals surface area contributed by atoms with E-state index in [1.165, 1.54) is 0 Å². The molecule has 1 aliphatic heterocycles. The van der Waals surface area contributed by atoms with E-state index >= 15 is 0 Å². The van der Waals surface area contributed by atoms with Crippen molar-refractivity contribution in [1.29, 1.82) is 0 Å². The van der Waals surface area contributed by atoms with Crippen molar-refractivity contribution in [3.8, 4) is 0 Å². The molecule has 4 unspecified atom stereocenters. The molecular formula is C15H20F4O9S. The molecule has 3 aliphatic rings. The van der Waals surface area contributed by atoms with E-state index in [4.69, 9.17) is 14.0 Å². The van der Waals surface area contributed by atoms with Crippen molar-refractivity contribution in [3.05, 3.63) is 0 Å². The molecule has 3 fully saturated rings. The number of hydrogen-bond acceptors (Lipinski definition) is 8. The highest BCUT2D eigenvalue weighted by Crippen LogP contribution is 2.57. The lowest BCUT2D eigenvalue weighted by Gasteiger charge is -2.49. The van der Waals surface area contributed by atoms with Gasteiger partial charge in [-0.05, 0) is 19.3 Å². The molecule has 1 saturated heterocycles. The van der Waals surface area contributed by atoms with E-state index in [1.54, 1.807) is 0 Å². The van der Waals surface area contributed by atoms with Gasteiger partial charge in [0.25, 0.3) is 0 Å². The van der Waals surface area contributed by atoms with Crippen molar-refractivity contribution in [2.75, 3.05) is 26.4 Å². The van der Waals surface area contributed by atoms with Crippen LogP contribution < -0.4 is 0 Å². The molecule has 0 aromatic rings. The van der Waals surface area contributed by atoms with Gasteiger partial charge in [-0.3, -0.25) is 4.55 Å². The van der Waals surface area contributed by atoms with Gasteiger partial charge in [0.2, 0.25) is 5.79 Å². The average Bonchev–Trinajstić information content (AvgIpc) is 3.22. The molecule has 168 valence electrons. The van der Waals surface area contributed by atoms with Gasteiger partial charge in [-0.1, -0.05) is 0 Å². The third-order valence-electron chi connectivity index (χ3n) is 5.96. The summed E-state index contributed by atoms with van der Waals surface area (Å²) in [5, 5.41) is 13.2. The summed E-state index contributed by atoms with van der Waals surface area (Å²) in [5.74, 6) is -5.62. The molecule has 29 heavy (non-hydrogen) atoms. The SMILES string of the molecule is O=C(OC1C2CCC(C2)C12OCC(CO)(CO)CO2)C(F)(C(F)(F)F)S(=O)(=O)O. The third kappa shape index (κ3) is 3.24. The summed E-state index contributed by atoms with van der Waals surface area (Å²) in [7, 11) is -6.56. The van der Waals surface area contributed by atoms with Crippen molar-refractivity contribution in [2.45, 2.75) is 42.3 Å². The molecule has 0 aromatic carbocycles. The Balaban J connectivity index is 1.89. The Hall–Kier alpha value is -1.06. The standard InChI is InChI=1S/C15H20F4O9S/c16-14(15(17,18)19,29(23,24)25)11(22)28-10-8-1-2-9(3-8)13(10)26-6-12(4-20,5-21)7-27-13/h8-10,20-21H,1-7H2,(H,23,24,25). The lowest BCUT2D eigenvalue weighted by molar-refractivity contribution is -0.361. The number of aliphatic hydroxyl groups is 2. The van der Waals surface area contributed by atoms with Gasteiger partial charge in [0.1, 0.15) is 0 Å². The van der Waals surface area contributed by atoms with E-state index in [0.29, 0.717) is 19.3 Å². The fourth-order valence-electron chi connectivity index (χ4n) is 4.20. The summed E-state index contributed by atoms with van der Waals surface area (Å²) in [6, 6.07) is 0. The number of carbonyl (C=O) groups is 1. The second-order valence-corrected chi connectivity index (χ2v) is 9.29. The number of hydrogen-bond donors (Lipinski definition) is 3. The Morgan fingerprint density at radius 1 is 1.10 bits per heavy atom. The van der Waals surface area contributed by atoms with Crippen LogP contribution in [0, 0.1) is 17.3 Å². The molecule has 9 nitrogen and oxygen atoms in total. The molecule has 4 atom stereocenters. The second-order valence-electron chi connectivity index (χ2n) is 7.78. The Morgan fingerprint density at radius 3 is 2.10 bits per heavy atom. The number of carbonyl (C=O) groups excluding carboxylic acids is 1. The summed E-state index contributed by atoms with van der Waals surface area (Å²) >= 11 is 0. The third-order valence-corrected chi connectivity index (χ3v) is 7.07. The largest absolute Gasteiger partial charge is 0.453 e. The van der Waals surface area contributed by atoms with Crippen molar-refractivity contribution in [2.24, 2.45) is 17.3 Å². The first-order valence-corrected chi connectivity index (χ1v) is 10.1. The zero-order valence-electron chi connectivity index (χ0n) is 14.9. The highest BCUT2D eigenvalue weighted by molar-refractivity contribution is 7.88. The molecule has 0 radical (unpaired) electrons. The Kier molecular flexibility index (Phi) is 5.45. The number of aliphatic hydroxyl groups excluding tert-OH is 2. The topological polar surface area (TPSA) is 140 Å². The van der Waals surface area contributed by atoms with Gasteiger partial charge in [-0.25, -0.2) is 9.18 Å². The van der Waals surface area contributed by atoms with Gasteiger partial charge in [-0.15, -0.1) is 0 Å². The van der Waals surface area contributed by atoms with Gasteiger partial charge in [-0.2, -0.15) is 21.6 Å². The number of fused-ring (bicyclic) bond motifs is 3. The summed E-state index contributed by atoms with van der Waals surface area (Å²) in [4.78, 5) is 12.0. The summed E-state index contributed by atoms with van der Waals surface area (Å²) < 4.78 is 100. The molecule has 3 N–H and O–H groups in total. The van der Waals surface area contributed by atoms with Crippen molar-refractivity contribution in [1.82, 2.24) is 0 Å². The number of alkyl halides is 4. The van der Waals surface area contributed by atoms with E-state index in [0.717, 1.165) is 0 Å². The highest BCUT2D eigenvalue weighted by atomic mass is 32.2. The summed E-state index contributed by atoms with van der Waals surface area (Å²) in [6.45, 7) is -1.61. The van der Waals surface area contributed by atoms with Crippen molar-refractivity contribution >= 4 is 16.1 Å². The fourth-order valence-corrected chi connectivity index (χ4v) is 4.75. The summed E-state index contributed by atoms with van der Waals surface area (Å²) in [5.41, 5.74) is -1.19. The normalized spacial score (nSPS) is 32.9. The quantitative estimate of drug-likeness (QED) is 0.302. The monoisotopic (exact) mass is 452 g/mol. The second kappa shape index (κ2) is 6.99. The first kappa shape index (κ1) is 22.6. The van der Waals surface area contributed by atoms with Crippen LogP contribution >= 0.6 is 0 Å². The minimum atomic E-state index is -6.56. The Morgan fingerprint density at radius 2 is 1.66 bits per heavy atom. The van der Waals surface area contributed by atoms with Crippen molar-refractivity contribution < 1.29 is 59.8 Å². The minimum absolute atomic E-state index is 0.282. The molecule has 0 aromatic heterocycles. The maximum atomic E-state index is 14.3. The first-order chi connectivity index (χ1) is 13.3. The van der Waals surface area contributed by atoms with Gasteiger partial charge < -0.3 is 24.4 Å². The maximum Gasteiger partial charge on any atom is 0.451 e. The van der Waals surface area contributed by atoms with Gasteiger partial charge in [0.05, 0.1) is 31.8 Å². The van der Waals surface area contributed by atoms with Crippen LogP contribution in [-0.4, -0.2) is 78.6 Å². The maximum absolute atomic E-state index is 14.3. The lowest BCUT2D eigenvalue weighted by atomic mass is 9.86. The molecule has 2 aliphatic carbocycles. The minimum Gasteiger partial charge on any atom is -0.453 e. The van der Waals surface area contributed by atoms with E-state index in [-0.39, 0.29) is 13.2 Å². The van der Waals surface area contributed by atoms with Crippen LogP contribution in [0.1, 0.15) is 19.3 Å². The molecule has 3 rings (SSSR count). The van der Waals surface area contributed by atoms with E-state index in [2.05, 4.69) is 4.74 Å². The first-order valence-electron chi connectivity index (χ1n) is 8.70. The van der Waals surface area contributed by atoms with Crippen molar-refractivity contribution in [3.63, 3.8) is 0 Å². The molecule has 0 amide bonds. The number of ether oxygens (including phenoxy) is 3. The Bertz CT molecular complexity index is 756. The van der Waals surface area contributed by atoms with E-state index in [9.17, 15) is 41.0 Å². The number of halogens is 4. The van der Waals surface area contributed by atoms with Crippen LogP contribution in [0.5, 0.6) is 0 Å². The number of rotatable bonds is 5. The van der Waals surface area contributed by atoms with E-state index in [1.807, 2.05) is 0 Å². The fraction of sp³-hybridized carbons (Fsp3) is 0.933. The molecular weight excluding hydrogens is 432 g/mol. The van der Waals surface area contributed by atoms with Crippen LogP contribution in [0.3, 0.4) is 0 Å². The van der Waals surface area contributed by atoms with Crippen LogP contribution in [-0.2, 0) is 29.1 Å². The van der Waals surface area contributed by atoms with Gasteiger partial charge in [0.15, 0.2) is 6.10 Å². The van der Waals surface area contributed by atoms with Crippen LogP contribution in [0.25, 0.3) is 0 Å². The van der Waals surface area contributed by atoms with Gasteiger partial charge in [0, 0.05) is 11.8 Å².